The van der Waals surface area contributed by atoms with Gasteiger partial charge in [0.25, 0.3) is 11.5 Å². The number of fused-ring (bicyclic) bond motifs is 1. The van der Waals surface area contributed by atoms with Crippen LogP contribution in [0.4, 0.5) is 0 Å². The first kappa shape index (κ1) is 20.1. The van der Waals surface area contributed by atoms with Crippen LogP contribution >= 0.6 is 0 Å². The minimum absolute atomic E-state index is 0.0364. The van der Waals surface area contributed by atoms with Gasteiger partial charge in [0.15, 0.2) is 5.69 Å². The predicted molar refractivity (Wildman–Crippen MR) is 124 cm³/mol. The van der Waals surface area contributed by atoms with E-state index in [1.807, 2.05) is 65.6 Å². The monoisotopic (exact) mass is 424 g/mol. The molecule has 1 aliphatic rings. The lowest BCUT2D eigenvalue weighted by atomic mass is 10.0. The smallest absolute Gasteiger partial charge is 0.279 e. The molecule has 0 bridgehead atoms. The number of hydrogen-bond acceptors (Lipinski definition) is 4. The minimum Gasteiger partial charge on any atom is -0.330 e. The molecule has 0 saturated carbocycles. The highest BCUT2D eigenvalue weighted by Gasteiger charge is 2.30. The van der Waals surface area contributed by atoms with Crippen molar-refractivity contribution in [2.45, 2.75) is 31.7 Å². The van der Waals surface area contributed by atoms with Gasteiger partial charge in [-0.2, -0.15) is 9.78 Å². The van der Waals surface area contributed by atoms with Crippen LogP contribution in [0, 0.1) is 0 Å². The van der Waals surface area contributed by atoms with Crippen molar-refractivity contribution in [3.8, 4) is 5.69 Å². The van der Waals surface area contributed by atoms with Crippen LogP contribution in [-0.2, 0) is 0 Å². The van der Waals surface area contributed by atoms with E-state index in [1.165, 1.54) is 4.68 Å². The fourth-order valence-electron chi connectivity index (χ4n) is 4.51. The number of amides is 1. The van der Waals surface area contributed by atoms with Crippen LogP contribution in [-0.4, -0.2) is 32.1 Å². The second-order valence-electron chi connectivity index (χ2n) is 8.09. The molecule has 2 aromatic heterocycles. The number of pyridine rings is 1. The summed E-state index contributed by atoms with van der Waals surface area (Å²) in [7, 11) is 0. The number of para-hydroxylation sites is 1. The summed E-state index contributed by atoms with van der Waals surface area (Å²) in [5, 5.41) is 5.69. The van der Waals surface area contributed by atoms with Gasteiger partial charge < -0.3 is 4.90 Å². The molecule has 0 radical (unpaired) electrons. The highest BCUT2D eigenvalue weighted by Crippen LogP contribution is 2.31. The molecule has 3 heterocycles. The number of hydrogen-bond donors (Lipinski definition) is 0. The second-order valence-corrected chi connectivity index (χ2v) is 8.09. The van der Waals surface area contributed by atoms with Crippen LogP contribution in [0.3, 0.4) is 0 Å². The molecule has 160 valence electrons. The van der Waals surface area contributed by atoms with Gasteiger partial charge in [0.2, 0.25) is 0 Å². The van der Waals surface area contributed by atoms with Crippen LogP contribution in [0.2, 0.25) is 0 Å². The van der Waals surface area contributed by atoms with Crippen LogP contribution in [0.5, 0.6) is 0 Å². The summed E-state index contributed by atoms with van der Waals surface area (Å²) >= 11 is 0. The zero-order chi connectivity index (χ0) is 21.9. The number of carbonyl (C=O) groups is 1. The summed E-state index contributed by atoms with van der Waals surface area (Å²) in [6, 6.07) is 20.4. The van der Waals surface area contributed by atoms with Crippen molar-refractivity contribution in [3.63, 3.8) is 0 Å². The van der Waals surface area contributed by atoms with E-state index in [4.69, 9.17) is 0 Å². The van der Waals surface area contributed by atoms with Crippen molar-refractivity contribution in [2.75, 3.05) is 6.54 Å². The molecule has 1 unspecified atom stereocenters. The largest absolute Gasteiger partial charge is 0.330 e. The summed E-state index contributed by atoms with van der Waals surface area (Å²) in [6.45, 7) is 0.659. The van der Waals surface area contributed by atoms with Crippen LogP contribution in [0.1, 0.15) is 47.8 Å². The molecule has 1 aliphatic heterocycles. The lowest BCUT2D eigenvalue weighted by molar-refractivity contribution is 0.0675. The average Bonchev–Trinajstić information content (AvgIpc) is 3.11. The van der Waals surface area contributed by atoms with Gasteiger partial charge in [-0.05, 0) is 48.7 Å². The van der Waals surface area contributed by atoms with E-state index in [1.54, 1.807) is 18.5 Å². The minimum atomic E-state index is -0.232. The molecule has 2 aromatic carbocycles. The van der Waals surface area contributed by atoms with Crippen molar-refractivity contribution in [2.24, 2.45) is 0 Å². The maximum atomic E-state index is 14.0. The van der Waals surface area contributed by atoms with Crippen molar-refractivity contribution >= 4 is 16.7 Å². The van der Waals surface area contributed by atoms with Gasteiger partial charge in [-0.3, -0.25) is 14.6 Å². The Morgan fingerprint density at radius 2 is 1.56 bits per heavy atom. The number of benzene rings is 2. The highest BCUT2D eigenvalue weighted by atomic mass is 16.2. The first-order valence-corrected chi connectivity index (χ1v) is 11.0. The third-order valence-corrected chi connectivity index (χ3v) is 6.11. The van der Waals surface area contributed by atoms with Gasteiger partial charge >= 0.3 is 0 Å². The van der Waals surface area contributed by atoms with Gasteiger partial charge in [-0.25, -0.2) is 0 Å². The van der Waals surface area contributed by atoms with Gasteiger partial charge in [-0.15, -0.1) is 0 Å². The van der Waals surface area contributed by atoms with Crippen molar-refractivity contribution in [1.82, 2.24) is 19.7 Å². The Morgan fingerprint density at radius 1 is 0.844 bits per heavy atom. The summed E-state index contributed by atoms with van der Waals surface area (Å²) in [5.74, 6) is -0.144. The Morgan fingerprint density at radius 3 is 2.34 bits per heavy atom. The van der Waals surface area contributed by atoms with Crippen LogP contribution in [0.25, 0.3) is 16.5 Å². The first-order chi connectivity index (χ1) is 15.7. The molecular weight excluding hydrogens is 400 g/mol. The fraction of sp³-hybridized carbons (Fsp3) is 0.231. The third-order valence-electron chi connectivity index (χ3n) is 6.11. The molecule has 6 nitrogen and oxygen atoms in total. The van der Waals surface area contributed by atoms with Gasteiger partial charge in [0.05, 0.1) is 17.1 Å². The molecule has 0 spiro atoms. The Labute approximate surface area is 186 Å². The average molecular weight is 425 g/mol. The fourth-order valence-corrected chi connectivity index (χ4v) is 4.51. The number of nitrogens with zero attached hydrogens (tertiary/aromatic N) is 4. The maximum Gasteiger partial charge on any atom is 0.279 e. The molecule has 1 atom stereocenters. The summed E-state index contributed by atoms with van der Waals surface area (Å²) in [5.41, 5.74) is 1.80. The Bertz CT molecular complexity index is 1300. The zero-order valence-corrected chi connectivity index (χ0v) is 17.7. The number of rotatable bonds is 3. The van der Waals surface area contributed by atoms with Gasteiger partial charge in [0.1, 0.15) is 0 Å². The molecule has 32 heavy (non-hydrogen) atoms. The first-order valence-electron chi connectivity index (χ1n) is 11.0. The van der Waals surface area contributed by atoms with Crippen molar-refractivity contribution in [3.05, 3.63) is 101 Å². The van der Waals surface area contributed by atoms with E-state index < -0.39 is 0 Å². The van der Waals surface area contributed by atoms with Gasteiger partial charge in [-0.1, -0.05) is 49.2 Å². The molecule has 1 amide bonds. The summed E-state index contributed by atoms with van der Waals surface area (Å²) in [6.07, 6.45) is 7.53. The molecule has 1 saturated heterocycles. The molecule has 0 aliphatic carbocycles. The van der Waals surface area contributed by atoms with E-state index in [2.05, 4.69) is 10.1 Å². The summed E-state index contributed by atoms with van der Waals surface area (Å²) < 4.78 is 1.34. The van der Waals surface area contributed by atoms with Crippen molar-refractivity contribution < 1.29 is 4.79 Å². The number of likely N-dealkylation sites (tertiary alicyclic amines) is 1. The number of aromatic nitrogens is 3. The lowest BCUT2D eigenvalue weighted by Crippen LogP contribution is -2.37. The summed E-state index contributed by atoms with van der Waals surface area (Å²) in [4.78, 5) is 33.2. The Hall–Kier alpha value is -3.80. The lowest BCUT2D eigenvalue weighted by Gasteiger charge is -2.30. The molecule has 6 heteroatoms. The quantitative estimate of drug-likeness (QED) is 0.484. The van der Waals surface area contributed by atoms with E-state index in [-0.39, 0.29) is 17.5 Å². The third kappa shape index (κ3) is 3.68. The topological polar surface area (TPSA) is 68.1 Å². The molecule has 1 fully saturated rings. The van der Waals surface area contributed by atoms with E-state index in [0.29, 0.717) is 28.7 Å². The standard InChI is InChI=1S/C26H24N4O2/c31-25-22-12-7-6-11-21(22)24(28-30(25)20-9-3-1-4-10-20)26(32)29-18-8-2-5-13-23(29)19-14-16-27-17-15-19/h1,3-4,6-7,9-12,14-17,23H,2,5,8,13,18H2. The Kier molecular flexibility index (Phi) is 5.50. The van der Waals surface area contributed by atoms with Crippen molar-refractivity contribution in [1.29, 1.82) is 0 Å². The Balaban J connectivity index is 1.67. The number of carbonyl (C=O) groups excluding carboxylic acids is 1. The zero-order valence-electron chi connectivity index (χ0n) is 17.7. The van der Waals surface area contributed by atoms with Crippen LogP contribution < -0.4 is 5.56 Å². The normalized spacial score (nSPS) is 16.6. The second kappa shape index (κ2) is 8.75. The molecule has 5 rings (SSSR count). The van der Waals surface area contributed by atoms with E-state index in [0.717, 1.165) is 31.2 Å². The SMILES string of the molecule is O=C(c1nn(-c2ccccc2)c(=O)c2ccccc12)N1CCCCCC1c1ccncc1. The van der Waals surface area contributed by atoms with E-state index >= 15 is 0 Å². The van der Waals surface area contributed by atoms with Crippen LogP contribution in [0.15, 0.2) is 83.9 Å². The molecular formula is C26H24N4O2. The van der Waals surface area contributed by atoms with E-state index in [9.17, 15) is 9.59 Å². The maximum absolute atomic E-state index is 14.0. The predicted octanol–water partition coefficient (Wildman–Crippen LogP) is 4.54. The molecule has 4 aromatic rings. The molecule has 0 N–H and O–H groups in total. The van der Waals surface area contributed by atoms with Gasteiger partial charge in [0, 0.05) is 24.3 Å². The highest BCUT2D eigenvalue weighted by molar-refractivity contribution is 6.05.